The third-order valence-electron chi connectivity index (χ3n) is 3.31. The quantitative estimate of drug-likeness (QED) is 0.794. The molecule has 0 bridgehead atoms. The highest BCUT2D eigenvalue weighted by Gasteiger charge is 2.08. The van der Waals surface area contributed by atoms with Crippen molar-refractivity contribution < 1.29 is 5.11 Å². The van der Waals surface area contributed by atoms with Crippen LogP contribution in [0, 0.1) is 13.8 Å². The summed E-state index contributed by atoms with van der Waals surface area (Å²) in [6.45, 7) is 9.17. The fraction of sp³-hybridized carbons (Fsp3) is 0.600. The minimum Gasteiger partial charge on any atom is -0.392 e. The van der Waals surface area contributed by atoms with E-state index in [2.05, 4.69) is 51.2 Å². The first-order chi connectivity index (χ1) is 8.04. The first-order valence-electron chi connectivity index (χ1n) is 6.53. The lowest BCUT2D eigenvalue weighted by molar-refractivity contribution is 0.157. The average molecular weight is 235 g/mol. The lowest BCUT2D eigenvalue weighted by Gasteiger charge is -2.18. The number of rotatable bonds is 6. The van der Waals surface area contributed by atoms with Gasteiger partial charge in [-0.05, 0) is 43.9 Å². The predicted molar refractivity (Wildman–Crippen MR) is 73.2 cm³/mol. The summed E-state index contributed by atoms with van der Waals surface area (Å²) in [6, 6.07) is 6.83. The zero-order valence-electron chi connectivity index (χ0n) is 11.5. The van der Waals surface area contributed by atoms with Gasteiger partial charge in [-0.15, -0.1) is 0 Å². The Morgan fingerprint density at radius 3 is 2.53 bits per heavy atom. The van der Waals surface area contributed by atoms with Crippen LogP contribution < -0.4 is 5.32 Å². The van der Waals surface area contributed by atoms with Gasteiger partial charge >= 0.3 is 0 Å². The molecule has 0 saturated carbocycles. The van der Waals surface area contributed by atoms with Crippen molar-refractivity contribution in [3.05, 3.63) is 34.9 Å². The molecule has 0 spiro atoms. The van der Waals surface area contributed by atoms with Crippen molar-refractivity contribution in [3.63, 3.8) is 0 Å². The summed E-state index contributed by atoms with van der Waals surface area (Å²) >= 11 is 0. The Labute approximate surface area is 105 Å². The van der Waals surface area contributed by atoms with Crippen molar-refractivity contribution in [2.24, 2.45) is 0 Å². The molecule has 1 aromatic carbocycles. The van der Waals surface area contributed by atoms with Crippen molar-refractivity contribution in [3.8, 4) is 0 Å². The molecule has 0 saturated heterocycles. The average Bonchev–Trinajstić information content (AvgIpc) is 2.30. The Hall–Kier alpha value is -0.860. The first kappa shape index (κ1) is 14.2. The lowest BCUT2D eigenvalue weighted by Crippen LogP contribution is -2.29. The normalized spacial score (nSPS) is 14.6. The monoisotopic (exact) mass is 235 g/mol. The van der Waals surface area contributed by atoms with E-state index in [9.17, 15) is 5.11 Å². The minimum atomic E-state index is -0.228. The highest BCUT2D eigenvalue weighted by molar-refractivity contribution is 5.31. The number of benzene rings is 1. The van der Waals surface area contributed by atoms with E-state index in [1.165, 1.54) is 16.7 Å². The van der Waals surface area contributed by atoms with Gasteiger partial charge in [0.1, 0.15) is 0 Å². The first-order valence-corrected chi connectivity index (χ1v) is 6.53. The number of hydrogen-bond donors (Lipinski definition) is 2. The SMILES string of the molecule is CCCC(O)CNC(C)c1ccc(C)c(C)c1. The van der Waals surface area contributed by atoms with E-state index in [0.717, 1.165) is 12.8 Å². The Morgan fingerprint density at radius 1 is 1.24 bits per heavy atom. The topological polar surface area (TPSA) is 32.3 Å². The Balaban J connectivity index is 2.52. The summed E-state index contributed by atoms with van der Waals surface area (Å²) in [5.74, 6) is 0. The highest BCUT2D eigenvalue weighted by atomic mass is 16.3. The predicted octanol–water partition coefficient (Wildman–Crippen LogP) is 3.12. The van der Waals surface area contributed by atoms with Gasteiger partial charge in [0.2, 0.25) is 0 Å². The molecule has 1 aromatic rings. The van der Waals surface area contributed by atoms with Crippen LogP contribution in [0.25, 0.3) is 0 Å². The number of aryl methyl sites for hydroxylation is 2. The van der Waals surface area contributed by atoms with E-state index in [4.69, 9.17) is 0 Å². The molecule has 2 heteroatoms. The summed E-state index contributed by atoms with van der Waals surface area (Å²) in [7, 11) is 0. The van der Waals surface area contributed by atoms with Crippen molar-refractivity contribution in [1.82, 2.24) is 5.32 Å². The van der Waals surface area contributed by atoms with Crippen LogP contribution in [0.1, 0.15) is 49.4 Å². The van der Waals surface area contributed by atoms with Gasteiger partial charge in [0.15, 0.2) is 0 Å². The number of nitrogens with one attached hydrogen (secondary N) is 1. The molecule has 0 fully saturated rings. The highest BCUT2D eigenvalue weighted by Crippen LogP contribution is 2.16. The molecule has 0 amide bonds. The molecule has 96 valence electrons. The molecule has 2 nitrogen and oxygen atoms in total. The van der Waals surface area contributed by atoms with Crippen molar-refractivity contribution in [2.45, 2.75) is 52.7 Å². The van der Waals surface area contributed by atoms with Crippen LogP contribution in [0.3, 0.4) is 0 Å². The molecule has 0 aliphatic carbocycles. The van der Waals surface area contributed by atoms with Crippen LogP contribution in [-0.2, 0) is 0 Å². The van der Waals surface area contributed by atoms with E-state index in [1.54, 1.807) is 0 Å². The van der Waals surface area contributed by atoms with Gasteiger partial charge in [0.05, 0.1) is 6.10 Å². The van der Waals surface area contributed by atoms with Gasteiger partial charge < -0.3 is 10.4 Å². The smallest absolute Gasteiger partial charge is 0.0664 e. The van der Waals surface area contributed by atoms with E-state index in [0.29, 0.717) is 12.6 Å². The molecule has 0 heterocycles. The Kier molecular flexibility index (Phi) is 5.66. The molecule has 0 aromatic heterocycles. The Bertz CT molecular complexity index is 349. The summed E-state index contributed by atoms with van der Waals surface area (Å²) in [5.41, 5.74) is 3.94. The van der Waals surface area contributed by atoms with Gasteiger partial charge in [-0.2, -0.15) is 0 Å². The van der Waals surface area contributed by atoms with E-state index in [1.807, 2.05) is 0 Å². The molecule has 2 N–H and O–H groups in total. The fourth-order valence-corrected chi connectivity index (χ4v) is 1.90. The van der Waals surface area contributed by atoms with Crippen LogP contribution in [0.15, 0.2) is 18.2 Å². The molecule has 0 aliphatic heterocycles. The zero-order valence-corrected chi connectivity index (χ0v) is 11.5. The summed E-state index contributed by atoms with van der Waals surface area (Å²) in [4.78, 5) is 0. The van der Waals surface area contributed by atoms with Crippen molar-refractivity contribution in [1.29, 1.82) is 0 Å². The van der Waals surface area contributed by atoms with Gasteiger partial charge in [-0.3, -0.25) is 0 Å². The second-order valence-corrected chi connectivity index (χ2v) is 4.92. The van der Waals surface area contributed by atoms with Gasteiger partial charge in [0.25, 0.3) is 0 Å². The van der Waals surface area contributed by atoms with Crippen LogP contribution in [0.4, 0.5) is 0 Å². The second-order valence-electron chi connectivity index (χ2n) is 4.92. The maximum absolute atomic E-state index is 9.68. The number of hydrogen-bond acceptors (Lipinski definition) is 2. The zero-order chi connectivity index (χ0) is 12.8. The third-order valence-corrected chi connectivity index (χ3v) is 3.31. The van der Waals surface area contributed by atoms with Crippen molar-refractivity contribution >= 4 is 0 Å². The number of aliphatic hydroxyl groups excluding tert-OH is 1. The molecule has 1 rings (SSSR count). The molecule has 17 heavy (non-hydrogen) atoms. The lowest BCUT2D eigenvalue weighted by atomic mass is 10.0. The summed E-state index contributed by atoms with van der Waals surface area (Å²) in [5, 5.41) is 13.1. The molecular weight excluding hydrogens is 210 g/mol. The largest absolute Gasteiger partial charge is 0.392 e. The van der Waals surface area contributed by atoms with E-state index < -0.39 is 0 Å². The molecule has 0 aliphatic rings. The molecular formula is C15H25NO. The van der Waals surface area contributed by atoms with E-state index in [-0.39, 0.29) is 6.10 Å². The van der Waals surface area contributed by atoms with Crippen molar-refractivity contribution in [2.75, 3.05) is 6.54 Å². The number of aliphatic hydroxyl groups is 1. The summed E-state index contributed by atoms with van der Waals surface area (Å²) < 4.78 is 0. The van der Waals surface area contributed by atoms with Crippen LogP contribution in [0.2, 0.25) is 0 Å². The van der Waals surface area contributed by atoms with E-state index >= 15 is 0 Å². The van der Waals surface area contributed by atoms with Gasteiger partial charge in [-0.1, -0.05) is 31.5 Å². The second kappa shape index (κ2) is 6.77. The maximum Gasteiger partial charge on any atom is 0.0664 e. The fourth-order valence-electron chi connectivity index (χ4n) is 1.90. The molecule has 2 atom stereocenters. The Morgan fingerprint density at radius 2 is 1.94 bits per heavy atom. The van der Waals surface area contributed by atoms with Crippen LogP contribution >= 0.6 is 0 Å². The maximum atomic E-state index is 9.68. The standard InChI is InChI=1S/C15H25NO/c1-5-6-15(17)10-16-13(4)14-8-7-11(2)12(3)9-14/h7-9,13,15-17H,5-6,10H2,1-4H3. The van der Waals surface area contributed by atoms with Crippen LogP contribution in [-0.4, -0.2) is 17.8 Å². The minimum absolute atomic E-state index is 0.228. The van der Waals surface area contributed by atoms with Gasteiger partial charge in [0, 0.05) is 12.6 Å². The summed E-state index contributed by atoms with van der Waals surface area (Å²) in [6.07, 6.45) is 1.67. The van der Waals surface area contributed by atoms with Crippen LogP contribution in [0.5, 0.6) is 0 Å². The molecule has 0 radical (unpaired) electrons. The third kappa shape index (κ3) is 4.49. The van der Waals surface area contributed by atoms with Gasteiger partial charge in [-0.25, -0.2) is 0 Å². The molecule has 2 unspecified atom stereocenters.